The van der Waals surface area contributed by atoms with Crippen molar-refractivity contribution in [2.75, 3.05) is 11.9 Å². The molecule has 1 nitrogen and oxygen atoms in total. The van der Waals surface area contributed by atoms with Crippen LogP contribution in [0.25, 0.3) is 0 Å². The second kappa shape index (κ2) is 4.58. The molecule has 0 atom stereocenters. The second-order valence-electron chi connectivity index (χ2n) is 2.75. The highest BCUT2D eigenvalue weighted by Crippen LogP contribution is 2.36. The third kappa shape index (κ3) is 3.17. The highest BCUT2D eigenvalue weighted by atomic mass is 79.9. The normalized spacial score (nSPS) is 10.9. The van der Waals surface area contributed by atoms with Crippen LogP contribution in [0.1, 0.15) is 5.56 Å². The van der Waals surface area contributed by atoms with E-state index in [0.29, 0.717) is 4.47 Å². The van der Waals surface area contributed by atoms with E-state index >= 15 is 0 Å². The Bertz CT molecular complexity index is 393. The number of halogens is 4. The summed E-state index contributed by atoms with van der Waals surface area (Å²) in [7, 11) is 0. The third-order valence-electron chi connectivity index (χ3n) is 1.67. The van der Waals surface area contributed by atoms with Gasteiger partial charge in [-0.25, -0.2) is 0 Å². The smallest absolute Gasteiger partial charge is 0.374 e. The molecule has 0 radical (unpaired) electrons. The van der Waals surface area contributed by atoms with Crippen LogP contribution in [-0.4, -0.2) is 6.54 Å². The van der Waals surface area contributed by atoms with E-state index in [1.165, 1.54) is 12.1 Å². The minimum absolute atomic E-state index is 0.0187. The molecule has 0 aliphatic heterocycles. The fraction of sp³-hybridized carbons (Fsp3) is 0.200. The van der Waals surface area contributed by atoms with E-state index in [9.17, 15) is 13.2 Å². The Morgan fingerprint density at radius 2 is 2.07 bits per heavy atom. The van der Waals surface area contributed by atoms with Gasteiger partial charge in [0, 0.05) is 10.2 Å². The van der Waals surface area contributed by atoms with E-state index in [1.807, 2.05) is 0 Å². The van der Waals surface area contributed by atoms with Crippen molar-refractivity contribution in [3.05, 3.63) is 28.2 Å². The van der Waals surface area contributed by atoms with E-state index < -0.39 is 11.7 Å². The highest BCUT2D eigenvalue weighted by Gasteiger charge is 2.33. The first kappa shape index (κ1) is 11.9. The van der Waals surface area contributed by atoms with Crippen LogP contribution >= 0.6 is 15.9 Å². The van der Waals surface area contributed by atoms with E-state index in [0.717, 1.165) is 6.07 Å². The Morgan fingerprint density at radius 1 is 1.40 bits per heavy atom. The number of nitrogens with one attached hydrogen (secondary N) is 1. The zero-order valence-electron chi connectivity index (χ0n) is 7.53. The first-order valence-electron chi connectivity index (χ1n) is 3.99. The lowest BCUT2D eigenvalue weighted by atomic mass is 10.1. The molecule has 0 fully saturated rings. The number of hydrogen-bond acceptors (Lipinski definition) is 1. The Kier molecular flexibility index (Phi) is 3.64. The van der Waals surface area contributed by atoms with Crippen molar-refractivity contribution in [1.82, 2.24) is 0 Å². The van der Waals surface area contributed by atoms with Crippen LogP contribution in [0, 0.1) is 12.3 Å². The lowest BCUT2D eigenvalue weighted by molar-refractivity contribution is -0.136. The fourth-order valence-corrected chi connectivity index (χ4v) is 1.42. The van der Waals surface area contributed by atoms with Gasteiger partial charge in [-0.1, -0.05) is 21.9 Å². The van der Waals surface area contributed by atoms with Crippen molar-refractivity contribution in [3.8, 4) is 12.3 Å². The summed E-state index contributed by atoms with van der Waals surface area (Å²) in [6, 6.07) is 3.69. The van der Waals surface area contributed by atoms with Crippen LogP contribution in [0.5, 0.6) is 0 Å². The highest BCUT2D eigenvalue weighted by molar-refractivity contribution is 9.10. The summed E-state index contributed by atoms with van der Waals surface area (Å²) in [6.45, 7) is 0.0551. The van der Waals surface area contributed by atoms with Crippen LogP contribution in [0.3, 0.4) is 0 Å². The van der Waals surface area contributed by atoms with Crippen molar-refractivity contribution in [3.63, 3.8) is 0 Å². The SMILES string of the molecule is C#CCNc1cc(Br)ccc1C(F)(F)F. The van der Waals surface area contributed by atoms with Crippen molar-refractivity contribution < 1.29 is 13.2 Å². The van der Waals surface area contributed by atoms with Gasteiger partial charge in [0.2, 0.25) is 0 Å². The number of terminal acetylenes is 1. The number of benzene rings is 1. The Labute approximate surface area is 93.8 Å². The molecule has 0 unspecified atom stereocenters. The lowest BCUT2D eigenvalue weighted by Crippen LogP contribution is -2.10. The van der Waals surface area contributed by atoms with Crippen LogP contribution in [-0.2, 0) is 6.18 Å². The van der Waals surface area contributed by atoms with Crippen LogP contribution in [0.15, 0.2) is 22.7 Å². The summed E-state index contributed by atoms with van der Waals surface area (Å²) in [5.41, 5.74) is -0.740. The van der Waals surface area contributed by atoms with Crippen molar-refractivity contribution in [1.29, 1.82) is 0 Å². The minimum Gasteiger partial charge on any atom is -0.374 e. The van der Waals surface area contributed by atoms with E-state index in [4.69, 9.17) is 6.42 Å². The van der Waals surface area contributed by atoms with Crippen LogP contribution in [0.2, 0.25) is 0 Å². The van der Waals surface area contributed by atoms with Crippen molar-refractivity contribution >= 4 is 21.6 Å². The van der Waals surface area contributed by atoms with Gasteiger partial charge in [-0.05, 0) is 18.2 Å². The molecule has 0 aliphatic carbocycles. The average molecular weight is 278 g/mol. The number of hydrogen-bond donors (Lipinski definition) is 1. The summed E-state index contributed by atoms with van der Waals surface area (Å²) in [6.07, 6.45) is 0.591. The fourth-order valence-electron chi connectivity index (χ4n) is 1.06. The number of rotatable bonds is 2. The molecule has 0 aliphatic rings. The molecule has 1 rings (SSSR count). The molecule has 0 amide bonds. The molecule has 80 valence electrons. The van der Waals surface area contributed by atoms with E-state index in [1.54, 1.807) is 0 Å². The maximum absolute atomic E-state index is 12.5. The molecule has 0 bridgehead atoms. The molecular formula is C10H7BrF3N. The molecular weight excluding hydrogens is 271 g/mol. The van der Waals surface area contributed by atoms with Crippen LogP contribution in [0.4, 0.5) is 18.9 Å². The molecule has 15 heavy (non-hydrogen) atoms. The molecule has 1 N–H and O–H groups in total. The van der Waals surface area contributed by atoms with E-state index in [2.05, 4.69) is 27.2 Å². The van der Waals surface area contributed by atoms with E-state index in [-0.39, 0.29) is 12.2 Å². The molecule has 0 heterocycles. The van der Waals surface area contributed by atoms with Gasteiger partial charge in [0.25, 0.3) is 0 Å². The molecule has 0 saturated carbocycles. The third-order valence-corrected chi connectivity index (χ3v) is 2.16. The topological polar surface area (TPSA) is 12.0 Å². The summed E-state index contributed by atoms with van der Waals surface area (Å²) in [4.78, 5) is 0. The van der Waals surface area contributed by atoms with Gasteiger partial charge < -0.3 is 5.32 Å². The zero-order chi connectivity index (χ0) is 11.5. The first-order valence-corrected chi connectivity index (χ1v) is 4.78. The molecule has 1 aromatic rings. The summed E-state index contributed by atoms with van der Waals surface area (Å²) < 4.78 is 38.1. The molecule has 0 spiro atoms. The van der Waals surface area contributed by atoms with Crippen LogP contribution < -0.4 is 5.32 Å². The van der Waals surface area contributed by atoms with Gasteiger partial charge >= 0.3 is 6.18 Å². The molecule has 0 aromatic heterocycles. The maximum atomic E-state index is 12.5. The summed E-state index contributed by atoms with van der Waals surface area (Å²) in [5.74, 6) is 2.22. The van der Waals surface area contributed by atoms with Gasteiger partial charge in [-0.2, -0.15) is 13.2 Å². The van der Waals surface area contributed by atoms with Gasteiger partial charge in [-0.3, -0.25) is 0 Å². The quantitative estimate of drug-likeness (QED) is 0.816. The Hall–Kier alpha value is -1.15. The lowest BCUT2D eigenvalue weighted by Gasteiger charge is -2.13. The van der Waals surface area contributed by atoms with Gasteiger partial charge in [-0.15, -0.1) is 6.42 Å². The summed E-state index contributed by atoms with van der Waals surface area (Å²) >= 11 is 3.10. The number of anilines is 1. The molecule has 0 saturated heterocycles. The van der Waals surface area contributed by atoms with Gasteiger partial charge in [0.05, 0.1) is 12.1 Å². The zero-order valence-corrected chi connectivity index (χ0v) is 9.11. The predicted molar refractivity (Wildman–Crippen MR) is 56.5 cm³/mol. The predicted octanol–water partition coefficient (Wildman–Crippen LogP) is 3.51. The first-order chi connectivity index (χ1) is 6.95. The van der Waals surface area contributed by atoms with Gasteiger partial charge in [0.1, 0.15) is 0 Å². The number of alkyl halides is 3. The van der Waals surface area contributed by atoms with Crippen molar-refractivity contribution in [2.45, 2.75) is 6.18 Å². The van der Waals surface area contributed by atoms with Crippen molar-refractivity contribution in [2.24, 2.45) is 0 Å². The molecule has 5 heteroatoms. The summed E-state index contributed by atoms with van der Waals surface area (Å²) in [5, 5.41) is 2.52. The second-order valence-corrected chi connectivity index (χ2v) is 3.66. The van der Waals surface area contributed by atoms with Gasteiger partial charge in [0.15, 0.2) is 0 Å². The minimum atomic E-state index is -4.38. The standard InChI is InChI=1S/C10H7BrF3N/c1-2-5-15-9-6-7(11)3-4-8(9)10(12,13)14/h1,3-4,6,15H,5H2. The monoisotopic (exact) mass is 277 g/mol. The largest absolute Gasteiger partial charge is 0.418 e. The average Bonchev–Trinajstić information content (AvgIpc) is 2.12. The Morgan fingerprint density at radius 3 is 2.60 bits per heavy atom. The maximum Gasteiger partial charge on any atom is 0.418 e. The Balaban J connectivity index is 3.10. The molecule has 1 aromatic carbocycles.